The highest BCUT2D eigenvalue weighted by Gasteiger charge is 2.31. The average Bonchev–Trinajstić information content (AvgIpc) is 2.90. The molecule has 0 spiro atoms. The maximum atomic E-state index is 12.7. The zero-order valence-electron chi connectivity index (χ0n) is 14.0. The summed E-state index contributed by atoms with van der Waals surface area (Å²) in [6.07, 6.45) is 10.7. The summed E-state index contributed by atoms with van der Waals surface area (Å²) in [5.74, 6) is -2.98. The minimum Gasteiger partial charge on any atom is -0.550 e. The first-order valence-corrected chi connectivity index (χ1v) is 9.64. The van der Waals surface area contributed by atoms with Crippen LogP contribution >= 0.6 is 11.3 Å². The number of nitrogens with one attached hydrogen (secondary N) is 1. The molecule has 132 valence electrons. The number of hydrogen-bond acceptors (Lipinski definition) is 5. The van der Waals surface area contributed by atoms with Crippen molar-refractivity contribution in [2.24, 2.45) is 11.8 Å². The summed E-state index contributed by atoms with van der Waals surface area (Å²) in [6, 6.07) is 2.25. The summed E-state index contributed by atoms with van der Waals surface area (Å²) >= 11 is 1.48. The highest BCUT2D eigenvalue weighted by atomic mass is 32.1. The number of allylic oxidation sites excluding steroid dienone is 2. The van der Waals surface area contributed by atoms with Crippen molar-refractivity contribution in [1.82, 2.24) is 0 Å². The summed E-state index contributed by atoms with van der Waals surface area (Å²) < 4.78 is 0. The van der Waals surface area contributed by atoms with E-state index in [1.54, 1.807) is 6.08 Å². The number of carboxylic acids is 1. The van der Waals surface area contributed by atoms with Crippen LogP contribution in [0.3, 0.4) is 0 Å². The predicted molar refractivity (Wildman–Crippen MR) is 93.9 cm³/mol. The van der Waals surface area contributed by atoms with Crippen LogP contribution in [0.15, 0.2) is 12.2 Å². The fraction of sp³-hybridized carbons (Fsp3) is 0.526. The summed E-state index contributed by atoms with van der Waals surface area (Å²) in [5, 5.41) is 24.3. The van der Waals surface area contributed by atoms with E-state index < -0.39 is 17.8 Å². The minimum atomic E-state index is -1.19. The third kappa shape index (κ3) is 3.77. The first kappa shape index (κ1) is 17.7. The molecule has 1 heterocycles. The van der Waals surface area contributed by atoms with Gasteiger partial charge in [-0.2, -0.15) is 5.26 Å². The number of hydrogen-bond donors (Lipinski definition) is 1. The molecular weight excluding hydrogens is 336 g/mol. The second-order valence-electron chi connectivity index (χ2n) is 6.70. The number of carbonyl (C=O) groups excluding carboxylic acids is 2. The lowest BCUT2D eigenvalue weighted by Crippen LogP contribution is -2.41. The lowest BCUT2D eigenvalue weighted by atomic mass is 9.82. The molecule has 0 unspecified atom stereocenters. The molecule has 1 N–H and O–H groups in total. The van der Waals surface area contributed by atoms with Crippen molar-refractivity contribution in [1.29, 1.82) is 5.26 Å². The molecule has 5 nitrogen and oxygen atoms in total. The van der Waals surface area contributed by atoms with E-state index in [1.165, 1.54) is 29.1 Å². The first-order valence-electron chi connectivity index (χ1n) is 8.83. The van der Waals surface area contributed by atoms with Crippen LogP contribution in [0.4, 0.5) is 5.00 Å². The molecular formula is C19H21N2O3S-. The average molecular weight is 357 g/mol. The van der Waals surface area contributed by atoms with Crippen LogP contribution in [0.2, 0.25) is 0 Å². The first-order chi connectivity index (χ1) is 12.1. The number of thiophene rings is 1. The largest absolute Gasteiger partial charge is 0.550 e. The highest BCUT2D eigenvalue weighted by Crippen LogP contribution is 2.37. The Hall–Kier alpha value is -2.13. The normalized spacial score (nSPS) is 23.0. The Labute approximate surface area is 151 Å². The van der Waals surface area contributed by atoms with Crippen LogP contribution in [0, 0.1) is 23.2 Å². The SMILES string of the molecule is N#Cc1c(NC(=O)[C@H]2CC=CC[C@H]2C(=O)[O-])sc2c1CCCCCC2. The van der Waals surface area contributed by atoms with E-state index in [9.17, 15) is 20.0 Å². The summed E-state index contributed by atoms with van der Waals surface area (Å²) in [7, 11) is 0. The van der Waals surface area contributed by atoms with Gasteiger partial charge in [-0.25, -0.2) is 0 Å². The van der Waals surface area contributed by atoms with Crippen molar-refractivity contribution in [3.63, 3.8) is 0 Å². The number of nitriles is 1. The van der Waals surface area contributed by atoms with Crippen LogP contribution in [0.25, 0.3) is 0 Å². The zero-order chi connectivity index (χ0) is 17.8. The molecule has 0 aliphatic heterocycles. The molecule has 2 aliphatic rings. The van der Waals surface area contributed by atoms with E-state index in [2.05, 4.69) is 11.4 Å². The Kier molecular flexibility index (Phi) is 5.54. The Balaban J connectivity index is 1.83. The van der Waals surface area contributed by atoms with Gasteiger partial charge in [0.25, 0.3) is 0 Å². The molecule has 0 radical (unpaired) electrons. The standard InChI is InChI=1S/C19H22N2O3S/c20-11-15-12-7-3-1-2-4-10-16(12)25-18(15)21-17(22)13-8-5-6-9-14(13)19(23)24/h5-6,13-14H,1-4,7-10H2,(H,21,22)(H,23,24)/p-1/t13-,14+/m0/s1. The Morgan fingerprint density at radius 1 is 1.12 bits per heavy atom. The van der Waals surface area contributed by atoms with E-state index in [4.69, 9.17) is 0 Å². The molecule has 0 bridgehead atoms. The van der Waals surface area contributed by atoms with E-state index in [1.807, 2.05) is 6.08 Å². The van der Waals surface area contributed by atoms with Crippen LogP contribution in [-0.2, 0) is 22.4 Å². The lowest BCUT2D eigenvalue weighted by Gasteiger charge is -2.28. The lowest BCUT2D eigenvalue weighted by molar-refractivity contribution is -0.313. The number of anilines is 1. The second kappa shape index (κ2) is 7.83. The fourth-order valence-electron chi connectivity index (χ4n) is 3.69. The molecule has 0 aromatic carbocycles. The maximum absolute atomic E-state index is 12.7. The molecule has 1 aromatic rings. The number of aliphatic carboxylic acids is 1. The third-order valence-corrected chi connectivity index (χ3v) is 6.30. The predicted octanol–water partition coefficient (Wildman–Crippen LogP) is 2.55. The van der Waals surface area contributed by atoms with Crippen molar-refractivity contribution in [3.05, 3.63) is 28.2 Å². The van der Waals surface area contributed by atoms with Crippen molar-refractivity contribution < 1.29 is 14.7 Å². The molecule has 0 fully saturated rings. The number of aryl methyl sites for hydroxylation is 1. The molecule has 1 aromatic heterocycles. The van der Waals surface area contributed by atoms with E-state index in [-0.39, 0.29) is 5.91 Å². The zero-order valence-corrected chi connectivity index (χ0v) is 14.9. The fourth-order valence-corrected chi connectivity index (χ4v) is 4.94. The molecule has 2 atom stereocenters. The van der Waals surface area contributed by atoms with Gasteiger partial charge < -0.3 is 15.2 Å². The monoisotopic (exact) mass is 357 g/mol. The Morgan fingerprint density at radius 3 is 2.48 bits per heavy atom. The van der Waals surface area contributed by atoms with E-state index >= 15 is 0 Å². The maximum Gasteiger partial charge on any atom is 0.229 e. The van der Waals surface area contributed by atoms with Gasteiger partial charge in [-0.1, -0.05) is 25.0 Å². The van der Waals surface area contributed by atoms with Gasteiger partial charge in [-0.15, -0.1) is 11.3 Å². The van der Waals surface area contributed by atoms with Gasteiger partial charge in [-0.05, 0) is 44.1 Å². The van der Waals surface area contributed by atoms with Gasteiger partial charge in [0.05, 0.1) is 11.5 Å². The molecule has 1 amide bonds. The third-order valence-electron chi connectivity index (χ3n) is 5.09. The number of rotatable bonds is 3. The molecule has 6 heteroatoms. The van der Waals surface area contributed by atoms with Crippen molar-refractivity contribution in [2.45, 2.75) is 51.4 Å². The second-order valence-corrected chi connectivity index (χ2v) is 7.80. The quantitative estimate of drug-likeness (QED) is 0.841. The summed E-state index contributed by atoms with van der Waals surface area (Å²) in [6.45, 7) is 0. The van der Waals surface area contributed by atoms with Crippen molar-refractivity contribution in [3.8, 4) is 6.07 Å². The van der Waals surface area contributed by atoms with E-state index in [0.717, 1.165) is 31.2 Å². The van der Waals surface area contributed by atoms with Gasteiger partial charge in [0, 0.05) is 16.8 Å². The van der Waals surface area contributed by atoms with Gasteiger partial charge in [0.1, 0.15) is 11.1 Å². The summed E-state index contributed by atoms with van der Waals surface area (Å²) in [5.41, 5.74) is 1.63. The van der Waals surface area contributed by atoms with Crippen LogP contribution in [0.5, 0.6) is 0 Å². The number of amides is 1. The van der Waals surface area contributed by atoms with Crippen molar-refractivity contribution >= 4 is 28.2 Å². The number of carboxylic acid groups (broad SMARTS) is 1. The Morgan fingerprint density at radius 2 is 1.80 bits per heavy atom. The smallest absolute Gasteiger partial charge is 0.229 e. The summed E-state index contributed by atoms with van der Waals surface area (Å²) in [4.78, 5) is 25.2. The molecule has 0 saturated heterocycles. The number of nitrogens with zero attached hydrogens (tertiary/aromatic N) is 1. The van der Waals surface area contributed by atoms with Gasteiger partial charge in [-0.3, -0.25) is 4.79 Å². The van der Waals surface area contributed by atoms with Crippen LogP contribution < -0.4 is 10.4 Å². The topological polar surface area (TPSA) is 93.0 Å². The van der Waals surface area contributed by atoms with Crippen molar-refractivity contribution in [2.75, 3.05) is 5.32 Å². The molecule has 0 saturated carbocycles. The minimum absolute atomic E-state index is 0.312. The number of carbonyl (C=O) groups is 2. The Bertz CT molecular complexity index is 745. The molecule has 2 aliphatic carbocycles. The van der Waals surface area contributed by atoms with E-state index in [0.29, 0.717) is 23.4 Å². The van der Waals surface area contributed by atoms with Crippen LogP contribution in [0.1, 0.15) is 54.5 Å². The molecule has 25 heavy (non-hydrogen) atoms. The van der Waals surface area contributed by atoms with Gasteiger partial charge in [0.15, 0.2) is 0 Å². The number of fused-ring (bicyclic) bond motifs is 1. The van der Waals surface area contributed by atoms with Gasteiger partial charge in [0.2, 0.25) is 5.91 Å². The molecule has 3 rings (SSSR count). The van der Waals surface area contributed by atoms with Crippen LogP contribution in [-0.4, -0.2) is 11.9 Å². The highest BCUT2D eigenvalue weighted by molar-refractivity contribution is 7.16. The van der Waals surface area contributed by atoms with Gasteiger partial charge >= 0.3 is 0 Å².